The third kappa shape index (κ3) is 3.14. The van der Waals surface area contributed by atoms with Crippen molar-refractivity contribution in [2.45, 2.75) is 45.4 Å². The van der Waals surface area contributed by atoms with E-state index >= 15 is 0 Å². The summed E-state index contributed by atoms with van der Waals surface area (Å²) >= 11 is 0. The molecule has 19 heavy (non-hydrogen) atoms. The molecule has 4 heteroatoms. The number of benzene rings is 1. The molecule has 0 spiro atoms. The topological polar surface area (TPSA) is 52.6 Å². The molecule has 0 aliphatic carbocycles. The van der Waals surface area contributed by atoms with E-state index in [4.69, 9.17) is 0 Å². The molecular weight excluding hydrogens is 240 g/mol. The van der Waals surface area contributed by atoms with Crippen molar-refractivity contribution in [2.24, 2.45) is 0 Å². The molecule has 0 saturated carbocycles. The van der Waals surface area contributed by atoms with E-state index in [1.54, 1.807) is 6.92 Å². The van der Waals surface area contributed by atoms with Crippen LogP contribution in [0.15, 0.2) is 24.3 Å². The van der Waals surface area contributed by atoms with Crippen LogP contribution in [0.2, 0.25) is 0 Å². The number of nitrogens with one attached hydrogen (secondary N) is 1. The Hall–Kier alpha value is -1.39. The van der Waals surface area contributed by atoms with E-state index in [0.29, 0.717) is 6.54 Å². The summed E-state index contributed by atoms with van der Waals surface area (Å²) in [5.41, 5.74) is 1.70. The number of hydrogen-bond acceptors (Lipinski definition) is 3. The summed E-state index contributed by atoms with van der Waals surface area (Å²) in [6, 6.07) is 8.44. The van der Waals surface area contributed by atoms with Crippen LogP contribution in [0.25, 0.3) is 0 Å². The molecule has 0 aromatic heterocycles. The van der Waals surface area contributed by atoms with Crippen molar-refractivity contribution in [3.63, 3.8) is 0 Å². The second kappa shape index (κ2) is 5.31. The molecule has 0 bridgehead atoms. The number of carboxylic acid groups (broad SMARTS) is 1. The third-order valence-corrected chi connectivity index (χ3v) is 3.53. The highest BCUT2D eigenvalue weighted by atomic mass is 16.4. The number of fused-ring (bicyclic) bond motifs is 1. The molecule has 1 unspecified atom stereocenters. The molecule has 1 atom stereocenters. The fraction of sp³-hybridized carbons (Fsp3) is 0.533. The van der Waals surface area contributed by atoms with Crippen LogP contribution in [0.5, 0.6) is 0 Å². The second-order valence-corrected chi connectivity index (χ2v) is 5.85. The Morgan fingerprint density at radius 1 is 1.37 bits per heavy atom. The van der Waals surface area contributed by atoms with Crippen molar-refractivity contribution in [1.29, 1.82) is 0 Å². The third-order valence-electron chi connectivity index (χ3n) is 3.53. The predicted octanol–water partition coefficient (Wildman–Crippen LogP) is 1.84. The molecule has 4 nitrogen and oxygen atoms in total. The number of carboxylic acids is 1. The Bertz CT molecular complexity index is 448. The molecular formula is C15H22N2O2. The van der Waals surface area contributed by atoms with E-state index in [-0.39, 0.29) is 6.04 Å². The first-order chi connectivity index (χ1) is 8.90. The molecule has 1 aliphatic heterocycles. The van der Waals surface area contributed by atoms with Gasteiger partial charge < -0.3 is 5.11 Å². The number of carbonyl (C=O) groups is 1. The van der Waals surface area contributed by atoms with Crippen LogP contribution in [0, 0.1) is 0 Å². The van der Waals surface area contributed by atoms with E-state index in [1.807, 2.05) is 26.0 Å². The van der Waals surface area contributed by atoms with Crippen molar-refractivity contribution >= 4 is 5.97 Å². The van der Waals surface area contributed by atoms with Crippen molar-refractivity contribution in [2.75, 3.05) is 6.54 Å². The normalized spacial score (nSPS) is 18.3. The number of hydrogen-bond donors (Lipinski definition) is 2. The zero-order valence-corrected chi connectivity index (χ0v) is 11.8. The van der Waals surface area contributed by atoms with Crippen LogP contribution in [0.3, 0.4) is 0 Å². The summed E-state index contributed by atoms with van der Waals surface area (Å²) in [6.45, 7) is 7.88. The maximum atomic E-state index is 11.5. The van der Waals surface area contributed by atoms with E-state index in [0.717, 1.165) is 13.1 Å². The summed E-state index contributed by atoms with van der Waals surface area (Å²) < 4.78 is 0. The summed E-state index contributed by atoms with van der Waals surface area (Å²) in [4.78, 5) is 13.7. The molecule has 1 heterocycles. The SMILES string of the molecule is CC(C)NC(C)(CN1Cc2ccccc2C1)C(=O)O. The fourth-order valence-electron chi connectivity index (χ4n) is 2.77. The van der Waals surface area contributed by atoms with Crippen molar-refractivity contribution in [3.05, 3.63) is 35.4 Å². The van der Waals surface area contributed by atoms with Crippen LogP contribution in [-0.2, 0) is 17.9 Å². The van der Waals surface area contributed by atoms with E-state index in [9.17, 15) is 9.90 Å². The lowest BCUT2D eigenvalue weighted by Gasteiger charge is -2.32. The van der Waals surface area contributed by atoms with Gasteiger partial charge in [-0.15, -0.1) is 0 Å². The first-order valence-electron chi connectivity index (χ1n) is 6.71. The number of aliphatic carboxylic acids is 1. The smallest absolute Gasteiger partial charge is 0.324 e. The highest BCUT2D eigenvalue weighted by molar-refractivity contribution is 5.78. The van der Waals surface area contributed by atoms with Gasteiger partial charge in [-0.25, -0.2) is 0 Å². The van der Waals surface area contributed by atoms with E-state index in [1.165, 1.54) is 11.1 Å². The van der Waals surface area contributed by atoms with Gasteiger partial charge in [0, 0.05) is 25.7 Å². The largest absolute Gasteiger partial charge is 0.480 e. The highest BCUT2D eigenvalue weighted by Crippen LogP contribution is 2.24. The van der Waals surface area contributed by atoms with Crippen LogP contribution in [0.4, 0.5) is 0 Å². The van der Waals surface area contributed by atoms with Gasteiger partial charge in [0.2, 0.25) is 0 Å². The lowest BCUT2D eigenvalue weighted by atomic mass is 10.0. The van der Waals surface area contributed by atoms with Crippen LogP contribution >= 0.6 is 0 Å². The average molecular weight is 262 g/mol. The predicted molar refractivity (Wildman–Crippen MR) is 74.9 cm³/mol. The molecule has 1 aromatic carbocycles. The molecule has 1 aliphatic rings. The number of nitrogens with zero attached hydrogens (tertiary/aromatic N) is 1. The lowest BCUT2D eigenvalue weighted by Crippen LogP contribution is -2.58. The average Bonchev–Trinajstić information content (AvgIpc) is 2.69. The maximum absolute atomic E-state index is 11.5. The maximum Gasteiger partial charge on any atom is 0.324 e. The van der Waals surface area contributed by atoms with Gasteiger partial charge in [-0.2, -0.15) is 0 Å². The Morgan fingerprint density at radius 2 is 1.89 bits per heavy atom. The summed E-state index contributed by atoms with van der Waals surface area (Å²) in [5.74, 6) is -0.794. The Morgan fingerprint density at radius 3 is 2.32 bits per heavy atom. The first-order valence-corrected chi connectivity index (χ1v) is 6.71. The van der Waals surface area contributed by atoms with Gasteiger partial charge in [0.25, 0.3) is 0 Å². The summed E-state index contributed by atoms with van der Waals surface area (Å²) in [7, 11) is 0. The first kappa shape index (κ1) is 14.0. The zero-order valence-electron chi connectivity index (χ0n) is 11.8. The van der Waals surface area contributed by atoms with Gasteiger partial charge in [-0.05, 0) is 31.9 Å². The minimum atomic E-state index is -0.907. The molecule has 1 aromatic rings. The molecule has 0 fully saturated rings. The van der Waals surface area contributed by atoms with E-state index in [2.05, 4.69) is 22.3 Å². The van der Waals surface area contributed by atoms with E-state index < -0.39 is 11.5 Å². The van der Waals surface area contributed by atoms with Gasteiger partial charge in [-0.3, -0.25) is 15.0 Å². The molecule has 0 radical (unpaired) electrons. The van der Waals surface area contributed by atoms with Crippen molar-refractivity contribution < 1.29 is 9.90 Å². The zero-order chi connectivity index (χ0) is 14.0. The standard InChI is InChI=1S/C15H22N2O2/c1-11(2)16-15(3,14(18)19)10-17-8-12-6-4-5-7-13(12)9-17/h4-7,11,16H,8-10H2,1-3H3,(H,18,19). The molecule has 2 N–H and O–H groups in total. The Balaban J connectivity index is 2.07. The Kier molecular flexibility index (Phi) is 3.92. The minimum absolute atomic E-state index is 0.145. The summed E-state index contributed by atoms with van der Waals surface area (Å²) in [6.07, 6.45) is 0. The van der Waals surface area contributed by atoms with Crippen LogP contribution in [0.1, 0.15) is 31.9 Å². The highest BCUT2D eigenvalue weighted by Gasteiger charge is 2.36. The molecule has 104 valence electrons. The van der Waals surface area contributed by atoms with Crippen molar-refractivity contribution in [1.82, 2.24) is 10.2 Å². The minimum Gasteiger partial charge on any atom is -0.480 e. The van der Waals surface area contributed by atoms with Crippen LogP contribution in [-0.4, -0.2) is 34.1 Å². The molecule has 0 saturated heterocycles. The molecule has 2 rings (SSSR count). The van der Waals surface area contributed by atoms with Gasteiger partial charge >= 0.3 is 5.97 Å². The fourth-order valence-corrected chi connectivity index (χ4v) is 2.77. The monoisotopic (exact) mass is 262 g/mol. The summed E-state index contributed by atoms with van der Waals surface area (Å²) in [5, 5.41) is 12.6. The van der Waals surface area contributed by atoms with Gasteiger partial charge in [0.05, 0.1) is 0 Å². The van der Waals surface area contributed by atoms with Crippen molar-refractivity contribution in [3.8, 4) is 0 Å². The molecule has 0 amide bonds. The van der Waals surface area contributed by atoms with Gasteiger partial charge in [0.15, 0.2) is 0 Å². The van der Waals surface area contributed by atoms with Gasteiger partial charge in [-0.1, -0.05) is 24.3 Å². The quantitative estimate of drug-likeness (QED) is 0.850. The lowest BCUT2D eigenvalue weighted by molar-refractivity contribution is -0.145. The second-order valence-electron chi connectivity index (χ2n) is 5.85. The Labute approximate surface area is 114 Å². The number of rotatable bonds is 5. The van der Waals surface area contributed by atoms with Gasteiger partial charge in [0.1, 0.15) is 5.54 Å². The van der Waals surface area contributed by atoms with Crippen LogP contribution < -0.4 is 5.32 Å².